The van der Waals surface area contributed by atoms with Gasteiger partial charge in [0.1, 0.15) is 0 Å². The second-order valence-corrected chi connectivity index (χ2v) is 4.48. The number of amides is 1. The SMILES string of the molecule is Cc1nn(C)c(C)c1C(=O)Nc1ccc(CO)cc1. The van der Waals surface area contributed by atoms with Gasteiger partial charge in [0.15, 0.2) is 0 Å². The van der Waals surface area contributed by atoms with E-state index >= 15 is 0 Å². The Labute approximate surface area is 111 Å². The summed E-state index contributed by atoms with van der Waals surface area (Å²) in [5.41, 5.74) is 3.66. The van der Waals surface area contributed by atoms with Crippen molar-refractivity contribution < 1.29 is 9.90 Å². The van der Waals surface area contributed by atoms with Crippen LogP contribution in [0.2, 0.25) is 0 Å². The smallest absolute Gasteiger partial charge is 0.259 e. The average Bonchev–Trinajstić information content (AvgIpc) is 2.64. The Morgan fingerprint density at radius 1 is 1.32 bits per heavy atom. The number of nitrogens with one attached hydrogen (secondary N) is 1. The summed E-state index contributed by atoms with van der Waals surface area (Å²) in [6.45, 7) is 3.68. The summed E-state index contributed by atoms with van der Waals surface area (Å²) in [5, 5.41) is 16.0. The zero-order valence-corrected chi connectivity index (χ0v) is 11.3. The van der Waals surface area contributed by atoms with Crippen molar-refractivity contribution in [3.8, 4) is 0 Å². The maximum absolute atomic E-state index is 12.2. The molecule has 2 N–H and O–H groups in total. The number of aryl methyl sites for hydroxylation is 2. The van der Waals surface area contributed by atoms with Gasteiger partial charge in [0.25, 0.3) is 5.91 Å². The molecule has 0 fully saturated rings. The van der Waals surface area contributed by atoms with Gasteiger partial charge in [-0.25, -0.2) is 0 Å². The lowest BCUT2D eigenvalue weighted by Gasteiger charge is -2.06. The van der Waals surface area contributed by atoms with Crippen LogP contribution in [0.3, 0.4) is 0 Å². The maximum atomic E-state index is 12.2. The molecule has 5 heteroatoms. The number of hydrogen-bond donors (Lipinski definition) is 2. The van der Waals surface area contributed by atoms with Crippen molar-refractivity contribution in [3.63, 3.8) is 0 Å². The van der Waals surface area contributed by atoms with Crippen LogP contribution in [-0.2, 0) is 13.7 Å². The van der Waals surface area contributed by atoms with E-state index in [1.54, 1.807) is 28.9 Å². The Bertz CT molecular complexity index is 600. The molecule has 0 spiro atoms. The van der Waals surface area contributed by atoms with Crippen molar-refractivity contribution in [1.29, 1.82) is 0 Å². The van der Waals surface area contributed by atoms with E-state index in [0.717, 1.165) is 11.3 Å². The van der Waals surface area contributed by atoms with Crippen LogP contribution in [-0.4, -0.2) is 20.8 Å². The Kier molecular flexibility index (Phi) is 3.66. The van der Waals surface area contributed by atoms with E-state index < -0.39 is 0 Å². The lowest BCUT2D eigenvalue weighted by Crippen LogP contribution is -2.14. The molecule has 1 aromatic carbocycles. The van der Waals surface area contributed by atoms with E-state index in [4.69, 9.17) is 5.11 Å². The number of hydrogen-bond acceptors (Lipinski definition) is 3. The van der Waals surface area contributed by atoms with Crippen molar-refractivity contribution >= 4 is 11.6 Å². The van der Waals surface area contributed by atoms with E-state index in [1.807, 2.05) is 20.9 Å². The third-order valence-corrected chi connectivity index (χ3v) is 3.13. The van der Waals surface area contributed by atoms with Crippen LogP contribution in [0.15, 0.2) is 24.3 Å². The molecule has 1 aromatic heterocycles. The van der Waals surface area contributed by atoms with Crippen LogP contribution >= 0.6 is 0 Å². The molecule has 0 bridgehead atoms. The highest BCUT2D eigenvalue weighted by Crippen LogP contribution is 2.15. The zero-order valence-electron chi connectivity index (χ0n) is 11.3. The lowest BCUT2D eigenvalue weighted by molar-refractivity contribution is 0.102. The number of carbonyl (C=O) groups excluding carboxylic acids is 1. The predicted molar refractivity (Wildman–Crippen MR) is 73.0 cm³/mol. The highest BCUT2D eigenvalue weighted by molar-refractivity contribution is 6.05. The molecule has 100 valence electrons. The standard InChI is InChI=1S/C14H17N3O2/c1-9-13(10(2)17(3)16-9)14(19)15-12-6-4-11(8-18)5-7-12/h4-7,18H,8H2,1-3H3,(H,15,19). The van der Waals surface area contributed by atoms with Gasteiger partial charge in [-0.3, -0.25) is 9.48 Å². The first kappa shape index (κ1) is 13.3. The first-order valence-electron chi connectivity index (χ1n) is 6.04. The number of benzene rings is 1. The summed E-state index contributed by atoms with van der Waals surface area (Å²) in [4.78, 5) is 12.2. The van der Waals surface area contributed by atoms with Gasteiger partial charge < -0.3 is 10.4 Å². The maximum Gasteiger partial charge on any atom is 0.259 e. The molecule has 0 radical (unpaired) electrons. The quantitative estimate of drug-likeness (QED) is 0.883. The molecule has 0 aliphatic rings. The molecule has 0 aliphatic heterocycles. The van der Waals surface area contributed by atoms with Crippen LogP contribution < -0.4 is 5.32 Å². The summed E-state index contributed by atoms with van der Waals surface area (Å²) >= 11 is 0. The van der Waals surface area contributed by atoms with Crippen molar-refractivity contribution in [2.45, 2.75) is 20.5 Å². The highest BCUT2D eigenvalue weighted by atomic mass is 16.3. The van der Waals surface area contributed by atoms with Gasteiger partial charge in [-0.2, -0.15) is 5.10 Å². The first-order chi connectivity index (χ1) is 9.02. The molecular weight excluding hydrogens is 242 g/mol. The number of rotatable bonds is 3. The Morgan fingerprint density at radius 3 is 2.42 bits per heavy atom. The van der Waals surface area contributed by atoms with Gasteiger partial charge in [-0.1, -0.05) is 12.1 Å². The molecule has 19 heavy (non-hydrogen) atoms. The van der Waals surface area contributed by atoms with Crippen LogP contribution in [0, 0.1) is 13.8 Å². The van der Waals surface area contributed by atoms with Crippen LogP contribution in [0.5, 0.6) is 0 Å². The number of aliphatic hydroxyl groups excluding tert-OH is 1. The minimum absolute atomic E-state index is 0.00491. The van der Waals surface area contributed by atoms with Gasteiger partial charge in [-0.05, 0) is 31.5 Å². The van der Waals surface area contributed by atoms with Crippen LogP contribution in [0.1, 0.15) is 27.3 Å². The van der Waals surface area contributed by atoms with E-state index in [0.29, 0.717) is 16.9 Å². The highest BCUT2D eigenvalue weighted by Gasteiger charge is 2.17. The number of aliphatic hydroxyl groups is 1. The second-order valence-electron chi connectivity index (χ2n) is 4.48. The molecule has 1 heterocycles. The van der Waals surface area contributed by atoms with Gasteiger partial charge in [0, 0.05) is 18.4 Å². The lowest BCUT2D eigenvalue weighted by atomic mass is 10.1. The number of aromatic nitrogens is 2. The molecule has 2 rings (SSSR count). The Balaban J connectivity index is 2.20. The normalized spacial score (nSPS) is 10.5. The van der Waals surface area contributed by atoms with Crippen molar-refractivity contribution in [1.82, 2.24) is 9.78 Å². The summed E-state index contributed by atoms with van der Waals surface area (Å²) in [7, 11) is 1.81. The van der Waals surface area contributed by atoms with Crippen LogP contribution in [0.4, 0.5) is 5.69 Å². The molecule has 0 unspecified atom stereocenters. The largest absolute Gasteiger partial charge is 0.392 e. The molecule has 0 saturated carbocycles. The minimum atomic E-state index is -0.167. The summed E-state index contributed by atoms with van der Waals surface area (Å²) in [6.07, 6.45) is 0. The molecule has 1 amide bonds. The fraction of sp³-hybridized carbons (Fsp3) is 0.286. The second kappa shape index (κ2) is 5.24. The van der Waals surface area contributed by atoms with Crippen molar-refractivity contribution in [2.75, 3.05) is 5.32 Å². The number of anilines is 1. The molecule has 2 aromatic rings. The third-order valence-electron chi connectivity index (χ3n) is 3.13. The fourth-order valence-corrected chi connectivity index (χ4v) is 1.99. The Morgan fingerprint density at radius 2 is 1.95 bits per heavy atom. The van der Waals surface area contributed by atoms with Crippen LogP contribution in [0.25, 0.3) is 0 Å². The molecule has 5 nitrogen and oxygen atoms in total. The molecular formula is C14H17N3O2. The predicted octanol–water partition coefficient (Wildman–Crippen LogP) is 1.78. The van der Waals surface area contributed by atoms with Gasteiger partial charge >= 0.3 is 0 Å². The molecule has 0 atom stereocenters. The van der Waals surface area contributed by atoms with E-state index in [-0.39, 0.29) is 12.5 Å². The van der Waals surface area contributed by atoms with Crippen molar-refractivity contribution in [3.05, 3.63) is 46.8 Å². The van der Waals surface area contributed by atoms with Gasteiger partial charge in [0.05, 0.1) is 17.9 Å². The zero-order chi connectivity index (χ0) is 14.0. The number of nitrogens with zero attached hydrogens (tertiary/aromatic N) is 2. The minimum Gasteiger partial charge on any atom is -0.392 e. The van der Waals surface area contributed by atoms with Crippen molar-refractivity contribution in [2.24, 2.45) is 7.05 Å². The van der Waals surface area contributed by atoms with E-state index in [2.05, 4.69) is 10.4 Å². The average molecular weight is 259 g/mol. The summed E-state index contributed by atoms with van der Waals surface area (Å²) in [6, 6.07) is 7.09. The van der Waals surface area contributed by atoms with E-state index in [9.17, 15) is 4.79 Å². The molecule has 0 saturated heterocycles. The summed E-state index contributed by atoms with van der Waals surface area (Å²) < 4.78 is 1.69. The number of carbonyl (C=O) groups is 1. The molecule has 0 aliphatic carbocycles. The fourth-order valence-electron chi connectivity index (χ4n) is 1.99. The summed E-state index contributed by atoms with van der Waals surface area (Å²) in [5.74, 6) is -0.167. The van der Waals surface area contributed by atoms with E-state index in [1.165, 1.54) is 0 Å². The van der Waals surface area contributed by atoms with Gasteiger partial charge in [-0.15, -0.1) is 0 Å². The monoisotopic (exact) mass is 259 g/mol. The Hall–Kier alpha value is -2.14. The van der Waals surface area contributed by atoms with Gasteiger partial charge in [0.2, 0.25) is 0 Å². The first-order valence-corrected chi connectivity index (χ1v) is 6.04. The third kappa shape index (κ3) is 2.66. The topological polar surface area (TPSA) is 67.2 Å².